The molecule has 0 aliphatic carbocycles. The minimum absolute atomic E-state index is 0.170. The Balaban J connectivity index is 2.34. The van der Waals surface area contributed by atoms with E-state index in [1.165, 1.54) is 0 Å². The molecule has 1 aromatic carbocycles. The largest absolute Gasteiger partial charge is 0.383 e. The molecule has 0 amide bonds. The first-order valence-electron chi connectivity index (χ1n) is 4.10. The van der Waals surface area contributed by atoms with Crippen molar-refractivity contribution in [2.45, 2.75) is 5.60 Å². The Labute approximate surface area is 90.8 Å². The Morgan fingerprint density at radius 1 is 1.36 bits per heavy atom. The molecule has 1 N–H and O–H groups in total. The van der Waals surface area contributed by atoms with E-state index in [1.807, 2.05) is 6.07 Å². The van der Waals surface area contributed by atoms with Crippen molar-refractivity contribution < 1.29 is 13.5 Å². The van der Waals surface area contributed by atoms with E-state index in [2.05, 4.69) is 15.9 Å². The Kier molecular flexibility index (Phi) is 2.21. The summed E-state index contributed by atoms with van der Waals surface area (Å²) < 4.78 is 22.8. The SMILES string of the molecule is O=S1(=O)CC(O)(c2cccc(Br)c2)C1. The number of rotatable bonds is 1. The van der Waals surface area contributed by atoms with Gasteiger partial charge in [-0.05, 0) is 17.7 Å². The maximum Gasteiger partial charge on any atom is 0.156 e. The minimum Gasteiger partial charge on any atom is -0.383 e. The van der Waals surface area contributed by atoms with Crippen molar-refractivity contribution >= 4 is 25.8 Å². The van der Waals surface area contributed by atoms with Gasteiger partial charge in [-0.2, -0.15) is 0 Å². The lowest BCUT2D eigenvalue weighted by atomic mass is 9.97. The lowest BCUT2D eigenvalue weighted by Crippen LogP contribution is -2.52. The summed E-state index contributed by atoms with van der Waals surface area (Å²) in [5, 5.41) is 9.94. The molecule has 1 saturated heterocycles. The van der Waals surface area contributed by atoms with Crippen molar-refractivity contribution in [1.82, 2.24) is 0 Å². The van der Waals surface area contributed by atoms with E-state index in [4.69, 9.17) is 0 Å². The van der Waals surface area contributed by atoms with Crippen LogP contribution in [0.2, 0.25) is 0 Å². The summed E-state index contributed by atoms with van der Waals surface area (Å²) in [6.07, 6.45) is 0. The Bertz CT molecular complexity index is 455. The smallest absolute Gasteiger partial charge is 0.156 e. The van der Waals surface area contributed by atoms with Gasteiger partial charge in [0.25, 0.3) is 0 Å². The molecule has 0 unspecified atom stereocenters. The zero-order valence-corrected chi connectivity index (χ0v) is 9.68. The fraction of sp³-hybridized carbons (Fsp3) is 0.333. The number of benzene rings is 1. The van der Waals surface area contributed by atoms with E-state index in [0.29, 0.717) is 5.56 Å². The van der Waals surface area contributed by atoms with Crippen LogP contribution < -0.4 is 0 Å². The van der Waals surface area contributed by atoms with Crippen LogP contribution in [0.15, 0.2) is 28.7 Å². The Morgan fingerprint density at radius 3 is 2.50 bits per heavy atom. The molecule has 14 heavy (non-hydrogen) atoms. The molecule has 0 radical (unpaired) electrons. The minimum atomic E-state index is -3.02. The van der Waals surface area contributed by atoms with Crippen LogP contribution in [0.3, 0.4) is 0 Å². The quantitative estimate of drug-likeness (QED) is 0.835. The molecule has 5 heteroatoms. The third-order valence-corrected chi connectivity index (χ3v) is 4.61. The van der Waals surface area contributed by atoms with Crippen LogP contribution in [0.25, 0.3) is 0 Å². The maximum atomic E-state index is 11.0. The van der Waals surface area contributed by atoms with Crippen LogP contribution in [0.4, 0.5) is 0 Å². The highest BCUT2D eigenvalue weighted by Crippen LogP contribution is 2.34. The average molecular weight is 277 g/mol. The molecule has 0 saturated carbocycles. The molecule has 0 aromatic heterocycles. The lowest BCUT2D eigenvalue weighted by molar-refractivity contribution is 0.0690. The van der Waals surface area contributed by atoms with Gasteiger partial charge in [-0.1, -0.05) is 28.1 Å². The monoisotopic (exact) mass is 276 g/mol. The summed E-state index contributed by atoms with van der Waals surface area (Å²) in [5.41, 5.74) is -0.524. The number of hydrogen-bond donors (Lipinski definition) is 1. The van der Waals surface area contributed by atoms with Crippen molar-refractivity contribution in [3.05, 3.63) is 34.3 Å². The van der Waals surface area contributed by atoms with Gasteiger partial charge in [-0.3, -0.25) is 0 Å². The van der Waals surface area contributed by atoms with E-state index in [1.54, 1.807) is 18.2 Å². The zero-order valence-electron chi connectivity index (χ0n) is 7.27. The molecule has 0 bridgehead atoms. The molecular weight excluding hydrogens is 268 g/mol. The highest BCUT2D eigenvalue weighted by molar-refractivity contribution is 9.10. The maximum absolute atomic E-state index is 11.0. The van der Waals surface area contributed by atoms with Crippen LogP contribution in [0.5, 0.6) is 0 Å². The summed E-state index contributed by atoms with van der Waals surface area (Å²) in [7, 11) is -3.02. The van der Waals surface area contributed by atoms with Crippen molar-refractivity contribution in [1.29, 1.82) is 0 Å². The average Bonchev–Trinajstić information content (AvgIpc) is 2.00. The predicted molar refractivity (Wildman–Crippen MR) is 56.7 cm³/mol. The third kappa shape index (κ3) is 1.71. The molecule has 1 aromatic rings. The van der Waals surface area contributed by atoms with E-state index in [0.717, 1.165) is 4.47 Å². The first kappa shape index (κ1) is 10.1. The number of aliphatic hydroxyl groups is 1. The summed E-state index contributed by atoms with van der Waals surface area (Å²) in [6, 6.07) is 7.09. The van der Waals surface area contributed by atoms with Crippen LogP contribution >= 0.6 is 15.9 Å². The molecule has 0 spiro atoms. The standard InChI is InChI=1S/C9H9BrO3S/c10-8-3-1-2-7(4-8)9(11)5-14(12,13)6-9/h1-4,11H,5-6H2. The number of hydrogen-bond acceptors (Lipinski definition) is 3. The van der Waals surface area contributed by atoms with Gasteiger partial charge in [0.1, 0.15) is 5.60 Å². The van der Waals surface area contributed by atoms with Gasteiger partial charge in [0.2, 0.25) is 0 Å². The highest BCUT2D eigenvalue weighted by atomic mass is 79.9. The second-order valence-corrected chi connectivity index (χ2v) is 6.55. The van der Waals surface area contributed by atoms with Gasteiger partial charge in [0.05, 0.1) is 11.5 Å². The third-order valence-electron chi connectivity index (χ3n) is 2.28. The molecule has 0 atom stereocenters. The summed E-state index contributed by atoms with van der Waals surface area (Å²) in [6.45, 7) is 0. The van der Waals surface area contributed by atoms with Crippen molar-refractivity contribution in [2.75, 3.05) is 11.5 Å². The van der Waals surface area contributed by atoms with Crippen LogP contribution in [0, 0.1) is 0 Å². The molecule has 3 nitrogen and oxygen atoms in total. The van der Waals surface area contributed by atoms with Crippen molar-refractivity contribution in [2.24, 2.45) is 0 Å². The van der Waals surface area contributed by atoms with Crippen molar-refractivity contribution in [3.63, 3.8) is 0 Å². The van der Waals surface area contributed by atoms with Gasteiger partial charge in [-0.15, -0.1) is 0 Å². The second-order valence-electron chi connectivity index (χ2n) is 3.57. The topological polar surface area (TPSA) is 54.4 Å². The van der Waals surface area contributed by atoms with Crippen LogP contribution in [0.1, 0.15) is 5.56 Å². The highest BCUT2D eigenvalue weighted by Gasteiger charge is 2.48. The molecular formula is C9H9BrO3S. The van der Waals surface area contributed by atoms with Gasteiger partial charge < -0.3 is 5.11 Å². The van der Waals surface area contributed by atoms with Gasteiger partial charge in [-0.25, -0.2) is 8.42 Å². The van der Waals surface area contributed by atoms with E-state index in [-0.39, 0.29) is 11.5 Å². The fourth-order valence-corrected chi connectivity index (χ4v) is 3.73. The normalized spacial score (nSPS) is 22.7. The Morgan fingerprint density at radius 2 is 2.00 bits per heavy atom. The molecule has 1 heterocycles. The summed E-state index contributed by atoms with van der Waals surface area (Å²) in [5.74, 6) is -0.340. The molecule has 2 rings (SSSR count). The van der Waals surface area contributed by atoms with Gasteiger partial charge >= 0.3 is 0 Å². The summed E-state index contributed by atoms with van der Waals surface area (Å²) >= 11 is 3.28. The summed E-state index contributed by atoms with van der Waals surface area (Å²) in [4.78, 5) is 0. The zero-order chi connectivity index (χ0) is 10.4. The number of halogens is 1. The predicted octanol–water partition coefficient (Wildman–Crippen LogP) is 1.07. The molecule has 1 aliphatic rings. The van der Waals surface area contributed by atoms with E-state index >= 15 is 0 Å². The van der Waals surface area contributed by atoms with Gasteiger partial charge in [0.15, 0.2) is 9.84 Å². The first-order chi connectivity index (χ1) is 6.41. The molecule has 76 valence electrons. The van der Waals surface area contributed by atoms with Gasteiger partial charge in [0, 0.05) is 4.47 Å². The lowest BCUT2D eigenvalue weighted by Gasteiger charge is -2.36. The first-order valence-corrected chi connectivity index (χ1v) is 6.72. The van der Waals surface area contributed by atoms with E-state index in [9.17, 15) is 13.5 Å². The second kappa shape index (κ2) is 3.05. The molecule has 1 fully saturated rings. The van der Waals surface area contributed by atoms with Crippen LogP contribution in [-0.2, 0) is 15.4 Å². The molecule has 1 aliphatic heterocycles. The Hall–Kier alpha value is -0.390. The fourth-order valence-electron chi connectivity index (χ4n) is 1.63. The van der Waals surface area contributed by atoms with E-state index < -0.39 is 15.4 Å². The van der Waals surface area contributed by atoms with Crippen molar-refractivity contribution in [3.8, 4) is 0 Å². The number of sulfone groups is 1. The van der Waals surface area contributed by atoms with Crippen LogP contribution in [-0.4, -0.2) is 25.0 Å².